The lowest BCUT2D eigenvalue weighted by molar-refractivity contribution is -0.121. The van der Waals surface area contributed by atoms with Gasteiger partial charge in [-0.3, -0.25) is 14.3 Å². The van der Waals surface area contributed by atoms with Crippen molar-refractivity contribution >= 4 is 23.1 Å². The molecule has 0 saturated heterocycles. The number of aryl methyl sites for hydroxylation is 1. The molecule has 0 unspecified atom stereocenters. The number of hydrogen-bond donors (Lipinski definition) is 2. The second-order valence-electron chi connectivity index (χ2n) is 5.46. The van der Waals surface area contributed by atoms with Gasteiger partial charge in [-0.1, -0.05) is 6.07 Å². The van der Waals surface area contributed by atoms with Crippen molar-refractivity contribution in [1.29, 1.82) is 0 Å². The largest absolute Gasteiger partial charge is 0.358 e. The maximum atomic E-state index is 12.2. The van der Waals surface area contributed by atoms with E-state index in [1.54, 1.807) is 19.4 Å². The smallest absolute Gasteiger partial charge is 0.241 e. The number of carbonyl (C=O) groups is 2. The van der Waals surface area contributed by atoms with Gasteiger partial charge in [0.1, 0.15) is 12.2 Å². The van der Waals surface area contributed by atoms with Gasteiger partial charge in [0.25, 0.3) is 0 Å². The molecule has 3 heterocycles. The van der Waals surface area contributed by atoms with Gasteiger partial charge in [-0.05, 0) is 18.6 Å². The number of hydrogen-bond acceptors (Lipinski definition) is 4. The molecule has 0 saturated carbocycles. The number of pyridine rings is 1. The van der Waals surface area contributed by atoms with E-state index in [4.69, 9.17) is 0 Å². The second kappa shape index (κ2) is 6.53. The maximum Gasteiger partial charge on any atom is 0.241 e. The zero-order valence-electron chi connectivity index (χ0n) is 13.5. The number of likely N-dealkylation sites (N-methyl/N-ethyl adjacent to an activating group) is 1. The number of aromatic nitrogens is 4. The third kappa shape index (κ3) is 3.27. The van der Waals surface area contributed by atoms with E-state index in [9.17, 15) is 9.59 Å². The van der Waals surface area contributed by atoms with Crippen LogP contribution in [0.3, 0.4) is 0 Å². The summed E-state index contributed by atoms with van der Waals surface area (Å²) < 4.78 is 3.37. The zero-order valence-corrected chi connectivity index (χ0v) is 13.5. The molecular formula is C16H18N6O2. The first-order valence-electron chi connectivity index (χ1n) is 7.51. The summed E-state index contributed by atoms with van der Waals surface area (Å²) in [5.74, 6) is -0.324. The van der Waals surface area contributed by atoms with Crippen LogP contribution in [0.25, 0.3) is 5.65 Å². The Kier molecular flexibility index (Phi) is 4.28. The molecule has 24 heavy (non-hydrogen) atoms. The van der Waals surface area contributed by atoms with Crippen LogP contribution in [0.4, 0.5) is 5.69 Å². The summed E-state index contributed by atoms with van der Waals surface area (Å²) in [7, 11) is 1.56. The van der Waals surface area contributed by atoms with E-state index in [0.717, 1.165) is 16.9 Å². The number of anilines is 1. The lowest BCUT2D eigenvalue weighted by Gasteiger charge is -2.04. The molecule has 0 fully saturated rings. The highest BCUT2D eigenvalue weighted by Gasteiger charge is 2.11. The molecule has 0 atom stereocenters. The number of fused-ring (bicyclic) bond motifs is 1. The highest BCUT2D eigenvalue weighted by Crippen LogP contribution is 2.12. The minimum atomic E-state index is -0.169. The predicted octanol–water partition coefficient (Wildman–Crippen LogP) is 0.766. The Balaban J connectivity index is 1.67. The van der Waals surface area contributed by atoms with Gasteiger partial charge in [0.2, 0.25) is 11.8 Å². The molecule has 3 aromatic rings. The first-order chi connectivity index (χ1) is 11.6. The molecule has 0 aliphatic carbocycles. The van der Waals surface area contributed by atoms with Crippen LogP contribution in [-0.4, -0.2) is 38.0 Å². The number of carbonyl (C=O) groups excluding carboxylic acids is 2. The van der Waals surface area contributed by atoms with Gasteiger partial charge in [-0.2, -0.15) is 5.10 Å². The maximum absolute atomic E-state index is 12.2. The summed E-state index contributed by atoms with van der Waals surface area (Å²) in [5, 5.41) is 9.33. The van der Waals surface area contributed by atoms with Gasteiger partial charge < -0.3 is 15.0 Å². The van der Waals surface area contributed by atoms with Gasteiger partial charge in [0.15, 0.2) is 0 Å². The van der Waals surface area contributed by atoms with Crippen LogP contribution < -0.4 is 10.6 Å². The average molecular weight is 326 g/mol. The van der Waals surface area contributed by atoms with Crippen LogP contribution in [0.15, 0.2) is 36.9 Å². The van der Waals surface area contributed by atoms with Crippen molar-refractivity contribution in [3.8, 4) is 0 Å². The first kappa shape index (κ1) is 15.7. The molecule has 0 aromatic carbocycles. The molecule has 8 nitrogen and oxygen atoms in total. The Morgan fingerprint density at radius 3 is 2.88 bits per heavy atom. The fourth-order valence-corrected chi connectivity index (χ4v) is 2.44. The number of amides is 2. The van der Waals surface area contributed by atoms with E-state index in [1.807, 2.05) is 29.7 Å². The van der Waals surface area contributed by atoms with E-state index >= 15 is 0 Å². The SMILES string of the molecule is CNC(=O)Cn1cc(NC(=O)Cc2cnc3c(C)cccn23)cn1. The fourth-order valence-electron chi connectivity index (χ4n) is 2.44. The average Bonchev–Trinajstić information content (AvgIpc) is 3.15. The van der Waals surface area contributed by atoms with E-state index in [-0.39, 0.29) is 24.8 Å². The van der Waals surface area contributed by atoms with Crippen molar-refractivity contribution in [2.45, 2.75) is 19.9 Å². The zero-order chi connectivity index (χ0) is 17.1. The Bertz CT molecular complexity index is 895. The van der Waals surface area contributed by atoms with E-state index in [2.05, 4.69) is 20.7 Å². The number of rotatable bonds is 5. The number of nitrogens with one attached hydrogen (secondary N) is 2. The van der Waals surface area contributed by atoms with Crippen LogP contribution >= 0.6 is 0 Å². The summed E-state index contributed by atoms with van der Waals surface area (Å²) in [4.78, 5) is 27.9. The minimum Gasteiger partial charge on any atom is -0.358 e. The molecule has 0 spiro atoms. The Hall–Kier alpha value is -3.16. The highest BCUT2D eigenvalue weighted by atomic mass is 16.2. The van der Waals surface area contributed by atoms with Crippen molar-refractivity contribution in [2.75, 3.05) is 12.4 Å². The summed E-state index contributed by atoms with van der Waals surface area (Å²) in [6.07, 6.45) is 6.92. The van der Waals surface area contributed by atoms with Gasteiger partial charge in [-0.15, -0.1) is 0 Å². The minimum absolute atomic E-state index is 0.110. The highest BCUT2D eigenvalue weighted by molar-refractivity contribution is 5.91. The van der Waals surface area contributed by atoms with E-state index in [0.29, 0.717) is 5.69 Å². The van der Waals surface area contributed by atoms with Crippen molar-refractivity contribution in [2.24, 2.45) is 0 Å². The first-order valence-corrected chi connectivity index (χ1v) is 7.51. The lowest BCUT2D eigenvalue weighted by Crippen LogP contribution is -2.23. The van der Waals surface area contributed by atoms with Gasteiger partial charge in [0, 0.05) is 25.6 Å². The van der Waals surface area contributed by atoms with Gasteiger partial charge in [-0.25, -0.2) is 4.98 Å². The number of imidazole rings is 1. The second-order valence-corrected chi connectivity index (χ2v) is 5.46. The fraction of sp³-hybridized carbons (Fsp3) is 0.250. The predicted molar refractivity (Wildman–Crippen MR) is 88.6 cm³/mol. The number of nitrogens with zero attached hydrogens (tertiary/aromatic N) is 4. The Morgan fingerprint density at radius 1 is 1.25 bits per heavy atom. The molecule has 3 aromatic heterocycles. The van der Waals surface area contributed by atoms with Crippen molar-refractivity contribution in [3.63, 3.8) is 0 Å². The molecule has 0 bridgehead atoms. The summed E-state index contributed by atoms with van der Waals surface area (Å²) >= 11 is 0. The summed E-state index contributed by atoms with van der Waals surface area (Å²) in [6.45, 7) is 2.09. The molecule has 8 heteroatoms. The molecule has 0 radical (unpaired) electrons. The Labute approximate surface area is 138 Å². The van der Waals surface area contributed by atoms with Gasteiger partial charge >= 0.3 is 0 Å². The van der Waals surface area contributed by atoms with Crippen molar-refractivity contribution in [3.05, 3.63) is 48.2 Å². The van der Waals surface area contributed by atoms with Crippen molar-refractivity contribution in [1.82, 2.24) is 24.5 Å². The summed E-state index contributed by atoms with van der Waals surface area (Å²) in [6, 6.07) is 3.90. The molecule has 2 amide bonds. The van der Waals surface area contributed by atoms with Crippen molar-refractivity contribution < 1.29 is 9.59 Å². The molecular weight excluding hydrogens is 308 g/mol. The standard InChI is InChI=1S/C16H18N6O2/c1-11-4-3-5-22-13(8-18-16(11)22)6-14(23)20-12-7-19-21(9-12)10-15(24)17-2/h3-5,7-9H,6,10H2,1-2H3,(H,17,24)(H,20,23). The lowest BCUT2D eigenvalue weighted by atomic mass is 10.3. The quantitative estimate of drug-likeness (QED) is 0.724. The monoisotopic (exact) mass is 326 g/mol. The topological polar surface area (TPSA) is 93.3 Å². The normalized spacial score (nSPS) is 10.8. The van der Waals surface area contributed by atoms with Crippen LogP contribution in [-0.2, 0) is 22.6 Å². The van der Waals surface area contributed by atoms with Gasteiger partial charge in [0.05, 0.1) is 24.0 Å². The van der Waals surface area contributed by atoms with Crippen LogP contribution in [0.2, 0.25) is 0 Å². The molecule has 2 N–H and O–H groups in total. The Morgan fingerprint density at radius 2 is 2.08 bits per heavy atom. The third-order valence-electron chi connectivity index (χ3n) is 3.65. The molecule has 3 rings (SSSR count). The third-order valence-corrected chi connectivity index (χ3v) is 3.65. The molecule has 124 valence electrons. The van der Waals surface area contributed by atoms with Crippen LogP contribution in [0, 0.1) is 6.92 Å². The van der Waals surface area contributed by atoms with Crippen LogP contribution in [0.5, 0.6) is 0 Å². The molecule has 0 aliphatic rings. The van der Waals surface area contributed by atoms with E-state index < -0.39 is 0 Å². The van der Waals surface area contributed by atoms with E-state index in [1.165, 1.54) is 10.9 Å². The molecule has 0 aliphatic heterocycles. The summed E-state index contributed by atoms with van der Waals surface area (Å²) in [5.41, 5.74) is 3.26. The van der Waals surface area contributed by atoms with Crippen LogP contribution in [0.1, 0.15) is 11.3 Å².